The second kappa shape index (κ2) is 7.21. The molecule has 1 saturated heterocycles. The van der Waals surface area contributed by atoms with E-state index in [0.717, 1.165) is 46.6 Å². The van der Waals surface area contributed by atoms with Crippen LogP contribution >= 0.6 is 11.6 Å². The number of pyridine rings is 1. The lowest BCUT2D eigenvalue weighted by atomic mass is 10.0. The van der Waals surface area contributed by atoms with Crippen LogP contribution in [0.15, 0.2) is 42.5 Å². The van der Waals surface area contributed by atoms with Crippen molar-refractivity contribution in [3.05, 3.63) is 53.1 Å². The van der Waals surface area contributed by atoms with E-state index in [1.807, 2.05) is 43.4 Å². The van der Waals surface area contributed by atoms with E-state index in [-0.39, 0.29) is 12.7 Å². The third-order valence-corrected chi connectivity index (χ3v) is 5.69. The summed E-state index contributed by atoms with van der Waals surface area (Å²) in [5.41, 5.74) is 3.79. The second-order valence-electron chi connectivity index (χ2n) is 7.43. The molecule has 0 radical (unpaired) electrons. The van der Waals surface area contributed by atoms with Gasteiger partial charge in [0.15, 0.2) is 11.5 Å². The smallest absolute Gasteiger partial charge is 0.236 e. The van der Waals surface area contributed by atoms with E-state index in [1.54, 1.807) is 4.90 Å². The summed E-state index contributed by atoms with van der Waals surface area (Å²) in [5, 5.41) is 1.67. The zero-order valence-electron chi connectivity index (χ0n) is 16.0. The summed E-state index contributed by atoms with van der Waals surface area (Å²) in [4.78, 5) is 21.0. The molecule has 0 spiro atoms. The van der Waals surface area contributed by atoms with Gasteiger partial charge in [-0.3, -0.25) is 9.69 Å². The standard InChI is InChI=1S/C22H20ClN3O3/c1-25-6-7-26(12-21(25)27)11-16-8-15-9-19-20(29-13-28-19)10-18(15)24-22(16)14-2-4-17(23)5-3-14/h2-5,8-10H,6-7,11-13H2,1H3. The molecule has 2 aliphatic heterocycles. The fraction of sp³-hybridized carbons (Fsp3) is 0.273. The Morgan fingerprint density at radius 2 is 1.83 bits per heavy atom. The van der Waals surface area contributed by atoms with Crippen LogP contribution in [-0.2, 0) is 11.3 Å². The van der Waals surface area contributed by atoms with Crippen LogP contribution in [0.2, 0.25) is 5.02 Å². The van der Waals surface area contributed by atoms with Crippen molar-refractivity contribution in [2.24, 2.45) is 0 Å². The Kier molecular flexibility index (Phi) is 4.53. The number of halogens is 1. The molecule has 3 heterocycles. The highest BCUT2D eigenvalue weighted by Gasteiger charge is 2.23. The Morgan fingerprint density at radius 3 is 2.59 bits per heavy atom. The average molecular weight is 410 g/mol. The van der Waals surface area contributed by atoms with Crippen LogP contribution in [-0.4, -0.2) is 54.2 Å². The van der Waals surface area contributed by atoms with Gasteiger partial charge in [-0.1, -0.05) is 23.7 Å². The Labute approximate surface area is 173 Å². The molecule has 0 N–H and O–H groups in total. The van der Waals surface area contributed by atoms with Crippen LogP contribution in [0.5, 0.6) is 11.5 Å². The van der Waals surface area contributed by atoms with Gasteiger partial charge in [0.05, 0.1) is 17.8 Å². The zero-order valence-corrected chi connectivity index (χ0v) is 16.8. The molecule has 2 aromatic carbocycles. The lowest BCUT2D eigenvalue weighted by Crippen LogP contribution is -2.48. The van der Waals surface area contributed by atoms with Crippen LogP contribution in [0.3, 0.4) is 0 Å². The molecule has 6 nitrogen and oxygen atoms in total. The van der Waals surface area contributed by atoms with E-state index < -0.39 is 0 Å². The van der Waals surface area contributed by atoms with Gasteiger partial charge in [0.2, 0.25) is 12.7 Å². The molecule has 3 aromatic rings. The van der Waals surface area contributed by atoms with Crippen LogP contribution in [0.4, 0.5) is 0 Å². The van der Waals surface area contributed by atoms with Crippen LogP contribution in [0.1, 0.15) is 5.56 Å². The molecule has 5 rings (SSSR count). The number of hydrogen-bond acceptors (Lipinski definition) is 5. The van der Waals surface area contributed by atoms with E-state index >= 15 is 0 Å². The van der Waals surface area contributed by atoms with Gasteiger partial charge >= 0.3 is 0 Å². The average Bonchev–Trinajstić information content (AvgIpc) is 3.16. The van der Waals surface area contributed by atoms with Gasteiger partial charge in [-0.15, -0.1) is 0 Å². The van der Waals surface area contributed by atoms with Gasteiger partial charge < -0.3 is 14.4 Å². The molecule has 0 atom stereocenters. The molecule has 0 bridgehead atoms. The fourth-order valence-corrected chi connectivity index (χ4v) is 3.89. The number of aromatic nitrogens is 1. The number of benzene rings is 2. The van der Waals surface area contributed by atoms with Gasteiger partial charge in [-0.2, -0.15) is 0 Å². The van der Waals surface area contributed by atoms with Crippen molar-refractivity contribution < 1.29 is 14.3 Å². The maximum Gasteiger partial charge on any atom is 0.236 e. The molecule has 0 unspecified atom stereocenters. The van der Waals surface area contributed by atoms with Crippen molar-refractivity contribution in [1.82, 2.24) is 14.8 Å². The van der Waals surface area contributed by atoms with Crippen LogP contribution in [0.25, 0.3) is 22.2 Å². The highest BCUT2D eigenvalue weighted by Crippen LogP contribution is 2.37. The van der Waals surface area contributed by atoms with Crippen molar-refractivity contribution in [2.45, 2.75) is 6.54 Å². The minimum absolute atomic E-state index is 0.140. The number of amides is 1. The SMILES string of the molecule is CN1CCN(Cc2cc3cc4c(cc3nc2-c2ccc(Cl)cc2)OCO4)CC1=O. The Morgan fingerprint density at radius 1 is 1.07 bits per heavy atom. The second-order valence-corrected chi connectivity index (χ2v) is 7.86. The molecule has 2 aliphatic rings. The number of piperazine rings is 1. The molecule has 1 amide bonds. The number of hydrogen-bond donors (Lipinski definition) is 0. The first-order valence-electron chi connectivity index (χ1n) is 9.52. The molecule has 0 aliphatic carbocycles. The van der Waals surface area contributed by atoms with Crippen molar-refractivity contribution in [1.29, 1.82) is 0 Å². The van der Waals surface area contributed by atoms with E-state index in [2.05, 4.69) is 11.0 Å². The summed E-state index contributed by atoms with van der Waals surface area (Å²) in [6.45, 7) is 2.85. The van der Waals surface area contributed by atoms with Gasteiger partial charge in [0.1, 0.15) is 0 Å². The summed E-state index contributed by atoms with van der Waals surface area (Å²) < 4.78 is 11.0. The number of ether oxygens (including phenoxy) is 2. The number of carbonyl (C=O) groups is 1. The minimum atomic E-state index is 0.140. The first kappa shape index (κ1) is 18.2. The number of carbonyl (C=O) groups excluding carboxylic acids is 1. The number of likely N-dealkylation sites (N-methyl/N-ethyl adjacent to an activating group) is 1. The summed E-state index contributed by atoms with van der Waals surface area (Å²) in [6, 6.07) is 13.7. The van der Waals surface area contributed by atoms with Gasteiger partial charge in [0.25, 0.3) is 0 Å². The van der Waals surface area contributed by atoms with E-state index in [1.165, 1.54) is 0 Å². The van der Waals surface area contributed by atoms with Crippen LogP contribution in [0, 0.1) is 0 Å². The van der Waals surface area contributed by atoms with E-state index in [4.69, 9.17) is 26.1 Å². The third-order valence-electron chi connectivity index (χ3n) is 5.44. The van der Waals surface area contributed by atoms with Crippen LogP contribution < -0.4 is 9.47 Å². The summed E-state index contributed by atoms with van der Waals surface area (Å²) in [6.07, 6.45) is 0. The number of rotatable bonds is 3. The highest BCUT2D eigenvalue weighted by atomic mass is 35.5. The molecule has 1 fully saturated rings. The lowest BCUT2D eigenvalue weighted by Gasteiger charge is -2.32. The maximum atomic E-state index is 12.2. The first-order valence-corrected chi connectivity index (χ1v) is 9.90. The van der Waals surface area contributed by atoms with Crippen molar-refractivity contribution in [3.63, 3.8) is 0 Å². The maximum absolute atomic E-state index is 12.2. The summed E-state index contributed by atoms with van der Waals surface area (Å²) >= 11 is 6.08. The molecule has 148 valence electrons. The van der Waals surface area contributed by atoms with Gasteiger partial charge in [-0.25, -0.2) is 4.98 Å². The molecular formula is C22H20ClN3O3. The first-order chi connectivity index (χ1) is 14.1. The summed E-state index contributed by atoms with van der Waals surface area (Å²) in [7, 11) is 1.85. The highest BCUT2D eigenvalue weighted by molar-refractivity contribution is 6.30. The van der Waals surface area contributed by atoms with Crippen molar-refractivity contribution in [3.8, 4) is 22.8 Å². The summed E-state index contributed by atoms with van der Waals surface area (Å²) in [5.74, 6) is 1.59. The lowest BCUT2D eigenvalue weighted by molar-refractivity contribution is -0.134. The predicted octanol–water partition coefficient (Wildman–Crippen LogP) is 3.56. The van der Waals surface area contributed by atoms with E-state index in [0.29, 0.717) is 23.9 Å². The van der Waals surface area contributed by atoms with Crippen molar-refractivity contribution >= 4 is 28.4 Å². The van der Waals surface area contributed by atoms with E-state index in [9.17, 15) is 4.79 Å². The molecular weight excluding hydrogens is 390 g/mol. The zero-order chi connectivity index (χ0) is 20.0. The predicted molar refractivity (Wildman–Crippen MR) is 111 cm³/mol. The number of nitrogens with zero attached hydrogens (tertiary/aromatic N) is 3. The molecule has 7 heteroatoms. The quantitative estimate of drug-likeness (QED) is 0.662. The topological polar surface area (TPSA) is 54.9 Å². The molecule has 1 aromatic heterocycles. The van der Waals surface area contributed by atoms with Gasteiger partial charge in [-0.05, 0) is 29.8 Å². The largest absolute Gasteiger partial charge is 0.454 e. The normalized spacial score (nSPS) is 16.6. The Hall–Kier alpha value is -2.83. The number of fused-ring (bicyclic) bond motifs is 2. The Bertz CT molecular complexity index is 1100. The molecule has 29 heavy (non-hydrogen) atoms. The van der Waals surface area contributed by atoms with Gasteiger partial charge in [0, 0.05) is 48.7 Å². The third kappa shape index (κ3) is 3.50. The fourth-order valence-electron chi connectivity index (χ4n) is 3.77. The minimum Gasteiger partial charge on any atom is -0.454 e. The Balaban J connectivity index is 1.59. The molecule has 0 saturated carbocycles. The monoisotopic (exact) mass is 409 g/mol. The van der Waals surface area contributed by atoms with Crippen molar-refractivity contribution in [2.75, 3.05) is 33.5 Å².